The minimum atomic E-state index is 0.244. The average molecular weight is 304 g/mol. The van der Waals surface area contributed by atoms with E-state index in [1.807, 2.05) is 0 Å². The molecule has 2 heteroatoms. The maximum atomic E-state index is 4.57. The lowest BCUT2D eigenvalue weighted by Gasteiger charge is -2.48. The quantitative estimate of drug-likeness (QED) is 0.732. The highest BCUT2D eigenvalue weighted by Gasteiger charge is 2.37. The van der Waals surface area contributed by atoms with E-state index in [1.54, 1.807) is 0 Å². The van der Waals surface area contributed by atoms with Gasteiger partial charge in [-0.25, -0.2) is 0 Å². The highest BCUT2D eigenvalue weighted by molar-refractivity contribution is 5.82. The molecule has 1 fully saturated rings. The molecule has 0 amide bonds. The normalized spacial score (nSPS) is 26.8. The average Bonchev–Trinajstić information content (AvgIpc) is 2.62. The second-order valence-electron chi connectivity index (χ2n) is 7.09. The highest BCUT2D eigenvalue weighted by atomic mass is 15.2. The van der Waals surface area contributed by atoms with Gasteiger partial charge in [0.15, 0.2) is 0 Å². The second kappa shape index (κ2) is 5.84. The molecule has 1 aliphatic heterocycles. The van der Waals surface area contributed by atoms with Crippen molar-refractivity contribution < 1.29 is 0 Å². The molecular weight excluding hydrogens is 280 g/mol. The Bertz CT molecular complexity index is 697. The molecule has 118 valence electrons. The Morgan fingerprint density at radius 2 is 1.65 bits per heavy atom. The third-order valence-electron chi connectivity index (χ3n) is 5.65. The summed E-state index contributed by atoms with van der Waals surface area (Å²) in [5.74, 6) is 0.720. The van der Waals surface area contributed by atoms with Crippen molar-refractivity contribution in [3.8, 4) is 0 Å². The number of nitrogens with zero attached hydrogens (tertiary/aromatic N) is 2. The predicted octanol–water partition coefficient (Wildman–Crippen LogP) is 5.33. The minimum Gasteiger partial charge on any atom is -0.359 e. The molecule has 1 heterocycles. The maximum Gasteiger partial charge on any atom is 0.0860 e. The lowest BCUT2D eigenvalue weighted by molar-refractivity contribution is 0.281. The Labute approximate surface area is 138 Å². The van der Waals surface area contributed by atoms with Gasteiger partial charge in [0.25, 0.3) is 0 Å². The number of benzene rings is 2. The monoisotopic (exact) mass is 304 g/mol. The smallest absolute Gasteiger partial charge is 0.0860 e. The van der Waals surface area contributed by atoms with E-state index in [0.717, 1.165) is 18.2 Å². The third kappa shape index (κ3) is 2.67. The molecule has 4 rings (SSSR count). The van der Waals surface area contributed by atoms with E-state index >= 15 is 0 Å². The number of rotatable bonds is 2. The summed E-state index contributed by atoms with van der Waals surface area (Å²) >= 11 is 0. The van der Waals surface area contributed by atoms with Crippen LogP contribution in [0.15, 0.2) is 59.6 Å². The number of hydrogen-bond donors (Lipinski definition) is 0. The van der Waals surface area contributed by atoms with Crippen molar-refractivity contribution in [2.75, 3.05) is 11.4 Å². The molecule has 0 atom stereocenters. The fraction of sp³-hybridized carbons (Fsp3) is 0.381. The van der Waals surface area contributed by atoms with Crippen LogP contribution < -0.4 is 4.90 Å². The molecule has 1 saturated carbocycles. The molecule has 23 heavy (non-hydrogen) atoms. The SMILES string of the molecule is CC1(N2CC=Nc3ccccc32)CCC(c2ccccc2)CC1. The van der Waals surface area contributed by atoms with Gasteiger partial charge in [-0.2, -0.15) is 0 Å². The Kier molecular flexibility index (Phi) is 3.68. The van der Waals surface area contributed by atoms with E-state index in [0.29, 0.717) is 0 Å². The van der Waals surface area contributed by atoms with Gasteiger partial charge in [0.05, 0.1) is 17.9 Å². The first-order chi connectivity index (χ1) is 11.3. The maximum absolute atomic E-state index is 4.57. The van der Waals surface area contributed by atoms with Gasteiger partial charge in [-0.3, -0.25) is 4.99 Å². The number of anilines is 1. The van der Waals surface area contributed by atoms with E-state index in [2.05, 4.69) is 77.6 Å². The zero-order chi connectivity index (χ0) is 15.7. The van der Waals surface area contributed by atoms with Crippen LogP contribution in [-0.2, 0) is 0 Å². The summed E-state index contributed by atoms with van der Waals surface area (Å²) in [5, 5.41) is 0. The minimum absolute atomic E-state index is 0.244. The molecule has 2 aromatic rings. The van der Waals surface area contributed by atoms with Gasteiger partial charge in [0, 0.05) is 11.8 Å². The van der Waals surface area contributed by atoms with Crippen LogP contribution in [0.25, 0.3) is 0 Å². The Hall–Kier alpha value is -2.09. The van der Waals surface area contributed by atoms with Crippen LogP contribution in [-0.4, -0.2) is 18.3 Å². The summed E-state index contributed by atoms with van der Waals surface area (Å²) < 4.78 is 0. The Morgan fingerprint density at radius 1 is 0.957 bits per heavy atom. The third-order valence-corrected chi connectivity index (χ3v) is 5.65. The molecule has 0 aromatic heterocycles. The van der Waals surface area contributed by atoms with Crippen molar-refractivity contribution in [3.63, 3.8) is 0 Å². The first-order valence-electron chi connectivity index (χ1n) is 8.70. The summed E-state index contributed by atoms with van der Waals surface area (Å²) in [4.78, 5) is 7.14. The molecule has 2 aromatic carbocycles. The van der Waals surface area contributed by atoms with Crippen LogP contribution in [0.3, 0.4) is 0 Å². The molecule has 0 spiro atoms. The number of aliphatic imine (C=N–C) groups is 1. The van der Waals surface area contributed by atoms with Crippen molar-refractivity contribution in [3.05, 3.63) is 60.2 Å². The molecule has 0 radical (unpaired) electrons. The van der Waals surface area contributed by atoms with Gasteiger partial charge in [-0.05, 0) is 56.2 Å². The summed E-state index contributed by atoms with van der Waals surface area (Å²) in [5.41, 5.74) is 4.17. The lowest BCUT2D eigenvalue weighted by atomic mass is 9.74. The van der Waals surface area contributed by atoms with Crippen molar-refractivity contribution in [2.24, 2.45) is 4.99 Å². The van der Waals surface area contributed by atoms with Crippen LogP contribution in [0.5, 0.6) is 0 Å². The van der Waals surface area contributed by atoms with Crippen molar-refractivity contribution in [1.82, 2.24) is 0 Å². The summed E-state index contributed by atoms with van der Waals surface area (Å²) in [6.07, 6.45) is 7.10. The van der Waals surface area contributed by atoms with Crippen LogP contribution in [0.4, 0.5) is 11.4 Å². The van der Waals surface area contributed by atoms with E-state index in [1.165, 1.54) is 36.9 Å². The largest absolute Gasteiger partial charge is 0.359 e. The van der Waals surface area contributed by atoms with Gasteiger partial charge in [0.1, 0.15) is 0 Å². The standard InChI is InChI=1S/C21H24N2/c1-21(23-16-15-22-19-9-5-6-10-20(19)23)13-11-18(12-14-21)17-7-3-2-4-8-17/h2-10,15,18H,11-14,16H2,1H3. The van der Waals surface area contributed by atoms with Crippen LogP contribution in [0.2, 0.25) is 0 Å². The second-order valence-corrected chi connectivity index (χ2v) is 7.09. The summed E-state index contributed by atoms with van der Waals surface area (Å²) in [6, 6.07) is 19.6. The van der Waals surface area contributed by atoms with Crippen LogP contribution >= 0.6 is 0 Å². The fourth-order valence-electron chi connectivity index (χ4n) is 4.20. The van der Waals surface area contributed by atoms with E-state index < -0.39 is 0 Å². The molecule has 0 saturated heterocycles. The molecule has 2 aliphatic rings. The fourth-order valence-corrected chi connectivity index (χ4v) is 4.20. The molecule has 0 unspecified atom stereocenters. The molecule has 0 N–H and O–H groups in total. The number of fused-ring (bicyclic) bond motifs is 1. The molecule has 0 bridgehead atoms. The Balaban J connectivity index is 1.54. The van der Waals surface area contributed by atoms with Gasteiger partial charge in [-0.15, -0.1) is 0 Å². The number of para-hydroxylation sites is 2. The van der Waals surface area contributed by atoms with Crippen molar-refractivity contribution >= 4 is 17.6 Å². The predicted molar refractivity (Wildman–Crippen MR) is 98.0 cm³/mol. The van der Waals surface area contributed by atoms with Gasteiger partial charge in [0.2, 0.25) is 0 Å². The van der Waals surface area contributed by atoms with E-state index in [4.69, 9.17) is 0 Å². The van der Waals surface area contributed by atoms with E-state index in [9.17, 15) is 0 Å². The van der Waals surface area contributed by atoms with E-state index in [-0.39, 0.29) is 5.54 Å². The first kappa shape index (κ1) is 14.5. The van der Waals surface area contributed by atoms with Crippen LogP contribution in [0, 0.1) is 0 Å². The summed E-state index contributed by atoms with van der Waals surface area (Å²) in [7, 11) is 0. The molecule has 2 nitrogen and oxygen atoms in total. The van der Waals surface area contributed by atoms with Crippen molar-refractivity contribution in [1.29, 1.82) is 0 Å². The molecule has 1 aliphatic carbocycles. The zero-order valence-corrected chi connectivity index (χ0v) is 13.8. The molecular formula is C21H24N2. The summed E-state index contributed by atoms with van der Waals surface area (Å²) in [6.45, 7) is 3.37. The highest BCUT2D eigenvalue weighted by Crippen LogP contribution is 2.44. The van der Waals surface area contributed by atoms with Gasteiger partial charge in [-0.1, -0.05) is 42.5 Å². The lowest BCUT2D eigenvalue weighted by Crippen LogP contribution is -2.50. The van der Waals surface area contributed by atoms with Gasteiger partial charge >= 0.3 is 0 Å². The Morgan fingerprint density at radius 3 is 2.43 bits per heavy atom. The topological polar surface area (TPSA) is 15.6 Å². The number of hydrogen-bond acceptors (Lipinski definition) is 2. The van der Waals surface area contributed by atoms with Gasteiger partial charge < -0.3 is 4.90 Å². The van der Waals surface area contributed by atoms with Crippen molar-refractivity contribution in [2.45, 2.75) is 44.1 Å². The zero-order valence-electron chi connectivity index (χ0n) is 13.8. The van der Waals surface area contributed by atoms with Crippen LogP contribution in [0.1, 0.15) is 44.1 Å². The first-order valence-corrected chi connectivity index (χ1v) is 8.70.